The molecular weight excluding hydrogens is 463 g/mol. The summed E-state index contributed by atoms with van der Waals surface area (Å²) in [5.41, 5.74) is 1.02. The van der Waals surface area contributed by atoms with Crippen molar-refractivity contribution in [3.8, 4) is 11.5 Å². The monoisotopic (exact) mass is 484 g/mol. The minimum atomic E-state index is -3.60. The van der Waals surface area contributed by atoms with E-state index < -0.39 is 10.0 Å². The average molecular weight is 485 g/mol. The molecule has 7 nitrogen and oxygen atoms in total. The van der Waals surface area contributed by atoms with Gasteiger partial charge in [0.25, 0.3) is 0 Å². The molecule has 0 saturated carbocycles. The molecule has 0 radical (unpaired) electrons. The van der Waals surface area contributed by atoms with Gasteiger partial charge >= 0.3 is 0 Å². The fraction of sp³-hybridized carbons (Fsp3) is 0.381. The van der Waals surface area contributed by atoms with E-state index in [2.05, 4.69) is 5.32 Å². The summed E-state index contributed by atoms with van der Waals surface area (Å²) in [5.74, 6) is 0.579. The van der Waals surface area contributed by atoms with Crippen LogP contribution in [0.3, 0.4) is 0 Å². The zero-order chi connectivity index (χ0) is 22.0. The number of carbonyl (C=O) groups excluding carboxylic acids is 1. The number of amides is 1. The molecule has 0 aliphatic carbocycles. The molecule has 1 fully saturated rings. The molecule has 0 aromatic heterocycles. The highest BCUT2D eigenvalue weighted by Crippen LogP contribution is 2.33. The van der Waals surface area contributed by atoms with Crippen LogP contribution in [0.4, 0.5) is 5.69 Å². The molecule has 4 rings (SSSR count). The van der Waals surface area contributed by atoms with E-state index >= 15 is 0 Å². The molecule has 31 heavy (non-hydrogen) atoms. The number of sulfonamides is 1. The van der Waals surface area contributed by atoms with E-state index in [1.165, 1.54) is 4.31 Å². The Bertz CT molecular complexity index is 1060. The standard InChI is InChI=1S/C21H22Cl2N2O5S/c22-17-2-1-3-18(23)16(17)13-31(27,28)25-8-6-14(7-9-25)21(26)24-15-4-5-19-20(12-15)30-11-10-29-19/h1-5,12,14H,6-11,13H2,(H,24,26). The number of fused-ring (bicyclic) bond motifs is 1. The quantitative estimate of drug-likeness (QED) is 0.694. The van der Waals surface area contributed by atoms with Gasteiger partial charge in [0.05, 0.1) is 5.75 Å². The molecule has 166 valence electrons. The SMILES string of the molecule is O=C(Nc1ccc2c(c1)OCCO2)C1CCN(S(=O)(=O)Cc2c(Cl)cccc2Cl)CC1. The largest absolute Gasteiger partial charge is 0.486 e. The van der Waals surface area contributed by atoms with Crippen LogP contribution in [0.5, 0.6) is 11.5 Å². The number of hydrogen-bond donors (Lipinski definition) is 1. The van der Waals surface area contributed by atoms with Crippen molar-refractivity contribution < 1.29 is 22.7 Å². The van der Waals surface area contributed by atoms with Crippen LogP contribution in [0.15, 0.2) is 36.4 Å². The third-order valence-electron chi connectivity index (χ3n) is 5.42. The number of anilines is 1. The minimum Gasteiger partial charge on any atom is -0.486 e. The molecule has 0 spiro atoms. The zero-order valence-electron chi connectivity index (χ0n) is 16.6. The van der Waals surface area contributed by atoms with Crippen LogP contribution in [0.2, 0.25) is 10.0 Å². The number of benzene rings is 2. The van der Waals surface area contributed by atoms with Gasteiger partial charge < -0.3 is 14.8 Å². The molecule has 2 aromatic rings. The number of piperidine rings is 1. The average Bonchev–Trinajstić information content (AvgIpc) is 2.76. The number of ether oxygens (including phenoxy) is 2. The van der Waals surface area contributed by atoms with Crippen LogP contribution in [0.25, 0.3) is 0 Å². The Morgan fingerprint density at radius 1 is 1.03 bits per heavy atom. The topological polar surface area (TPSA) is 84.9 Å². The van der Waals surface area contributed by atoms with Gasteiger partial charge in [-0.3, -0.25) is 4.79 Å². The molecule has 0 unspecified atom stereocenters. The van der Waals surface area contributed by atoms with E-state index in [0.29, 0.717) is 58.9 Å². The summed E-state index contributed by atoms with van der Waals surface area (Å²) in [6.07, 6.45) is 0.873. The van der Waals surface area contributed by atoms with E-state index in [0.717, 1.165) is 0 Å². The fourth-order valence-electron chi connectivity index (χ4n) is 3.71. The molecule has 2 aliphatic heterocycles. The van der Waals surface area contributed by atoms with Gasteiger partial charge in [0.1, 0.15) is 13.2 Å². The van der Waals surface area contributed by atoms with E-state index in [1.54, 1.807) is 36.4 Å². The minimum absolute atomic E-state index is 0.136. The van der Waals surface area contributed by atoms with Crippen molar-refractivity contribution in [2.24, 2.45) is 5.92 Å². The number of carbonyl (C=O) groups is 1. The van der Waals surface area contributed by atoms with Crippen molar-refractivity contribution in [1.82, 2.24) is 4.31 Å². The Balaban J connectivity index is 1.35. The van der Waals surface area contributed by atoms with Crippen LogP contribution in [0, 0.1) is 5.92 Å². The maximum Gasteiger partial charge on any atom is 0.227 e. The highest BCUT2D eigenvalue weighted by Gasteiger charge is 2.32. The smallest absolute Gasteiger partial charge is 0.227 e. The number of nitrogens with zero attached hydrogens (tertiary/aromatic N) is 1. The highest BCUT2D eigenvalue weighted by atomic mass is 35.5. The first-order valence-corrected chi connectivity index (χ1v) is 12.3. The van der Waals surface area contributed by atoms with Gasteiger partial charge in [-0.2, -0.15) is 0 Å². The summed E-state index contributed by atoms with van der Waals surface area (Å²) in [5, 5.41) is 3.54. The second-order valence-electron chi connectivity index (χ2n) is 7.48. The second-order valence-corrected chi connectivity index (χ2v) is 10.3. The van der Waals surface area contributed by atoms with Gasteiger partial charge in [-0.15, -0.1) is 0 Å². The second kappa shape index (κ2) is 9.24. The van der Waals surface area contributed by atoms with E-state index in [-0.39, 0.29) is 30.7 Å². The predicted octanol–water partition coefficient (Wildman–Crippen LogP) is 3.95. The number of nitrogens with one attached hydrogen (secondary N) is 1. The third-order valence-corrected chi connectivity index (χ3v) is 7.93. The third kappa shape index (κ3) is 5.09. The summed E-state index contributed by atoms with van der Waals surface area (Å²) in [7, 11) is -3.60. The van der Waals surface area contributed by atoms with Gasteiger partial charge in [-0.05, 0) is 37.1 Å². The molecule has 2 aliphatic rings. The molecule has 1 amide bonds. The Labute approximate surface area is 191 Å². The summed E-state index contributed by atoms with van der Waals surface area (Å²) < 4.78 is 38.1. The molecule has 2 heterocycles. The van der Waals surface area contributed by atoms with Gasteiger partial charge in [-0.1, -0.05) is 29.3 Å². The predicted molar refractivity (Wildman–Crippen MR) is 119 cm³/mol. The van der Waals surface area contributed by atoms with Gasteiger partial charge in [-0.25, -0.2) is 12.7 Å². The lowest BCUT2D eigenvalue weighted by atomic mass is 9.97. The van der Waals surface area contributed by atoms with Crippen molar-refractivity contribution >= 4 is 44.8 Å². The first-order chi connectivity index (χ1) is 14.8. The molecule has 10 heteroatoms. The lowest BCUT2D eigenvalue weighted by Gasteiger charge is -2.30. The van der Waals surface area contributed by atoms with Crippen LogP contribution < -0.4 is 14.8 Å². The Morgan fingerprint density at radius 2 is 1.68 bits per heavy atom. The van der Waals surface area contributed by atoms with Crippen LogP contribution in [-0.2, 0) is 20.6 Å². The van der Waals surface area contributed by atoms with Crippen molar-refractivity contribution in [2.75, 3.05) is 31.6 Å². The highest BCUT2D eigenvalue weighted by molar-refractivity contribution is 7.88. The van der Waals surface area contributed by atoms with Crippen molar-refractivity contribution in [3.05, 3.63) is 52.0 Å². The lowest BCUT2D eigenvalue weighted by molar-refractivity contribution is -0.120. The van der Waals surface area contributed by atoms with Gasteiger partial charge in [0.2, 0.25) is 15.9 Å². The van der Waals surface area contributed by atoms with E-state index in [4.69, 9.17) is 32.7 Å². The Hall–Kier alpha value is -2.00. The van der Waals surface area contributed by atoms with Gasteiger partial charge in [0, 0.05) is 46.4 Å². The summed E-state index contributed by atoms with van der Waals surface area (Å²) in [6.45, 7) is 1.51. The summed E-state index contributed by atoms with van der Waals surface area (Å²) in [4.78, 5) is 12.7. The van der Waals surface area contributed by atoms with Crippen molar-refractivity contribution in [3.63, 3.8) is 0 Å². The number of hydrogen-bond acceptors (Lipinski definition) is 5. The van der Waals surface area contributed by atoms with Crippen molar-refractivity contribution in [2.45, 2.75) is 18.6 Å². The molecule has 1 N–H and O–H groups in total. The molecule has 0 atom stereocenters. The van der Waals surface area contributed by atoms with Crippen molar-refractivity contribution in [1.29, 1.82) is 0 Å². The zero-order valence-corrected chi connectivity index (χ0v) is 19.0. The van der Waals surface area contributed by atoms with Crippen LogP contribution >= 0.6 is 23.2 Å². The molecule has 1 saturated heterocycles. The van der Waals surface area contributed by atoms with Crippen LogP contribution in [-0.4, -0.2) is 44.9 Å². The maximum absolute atomic E-state index is 12.8. The summed E-state index contributed by atoms with van der Waals surface area (Å²) >= 11 is 12.2. The number of halogens is 2. The van der Waals surface area contributed by atoms with E-state index in [1.807, 2.05) is 0 Å². The Kier molecular flexibility index (Phi) is 6.62. The summed E-state index contributed by atoms with van der Waals surface area (Å²) in [6, 6.07) is 10.2. The molecular formula is C21H22Cl2N2O5S. The number of rotatable bonds is 5. The molecule has 2 aromatic carbocycles. The Morgan fingerprint density at radius 3 is 2.35 bits per heavy atom. The van der Waals surface area contributed by atoms with Gasteiger partial charge in [0.15, 0.2) is 11.5 Å². The first-order valence-electron chi connectivity index (χ1n) is 9.95. The molecule has 0 bridgehead atoms. The fourth-order valence-corrected chi connectivity index (χ4v) is 6.02. The normalized spacial score (nSPS) is 17.4. The lowest BCUT2D eigenvalue weighted by Crippen LogP contribution is -2.42. The van der Waals surface area contributed by atoms with Crippen LogP contribution in [0.1, 0.15) is 18.4 Å². The van der Waals surface area contributed by atoms with E-state index in [9.17, 15) is 13.2 Å². The maximum atomic E-state index is 12.8. The first kappa shape index (κ1) is 22.2.